The van der Waals surface area contributed by atoms with Crippen molar-refractivity contribution in [1.29, 1.82) is 0 Å². The summed E-state index contributed by atoms with van der Waals surface area (Å²) in [5.74, 6) is -0.425. The summed E-state index contributed by atoms with van der Waals surface area (Å²) in [7, 11) is 0. The van der Waals surface area contributed by atoms with E-state index in [-0.39, 0.29) is 30.3 Å². The molecule has 4 rings (SSSR count). The Kier molecular flexibility index (Phi) is 4.90. The number of H-pyrrole nitrogens is 1. The molecule has 27 heavy (non-hydrogen) atoms. The van der Waals surface area contributed by atoms with Crippen LogP contribution in [0, 0.1) is 11.7 Å². The molecule has 0 bridgehead atoms. The molecule has 1 fully saturated rings. The zero-order valence-corrected chi connectivity index (χ0v) is 14.9. The van der Waals surface area contributed by atoms with Crippen LogP contribution in [0.2, 0.25) is 0 Å². The van der Waals surface area contributed by atoms with Crippen molar-refractivity contribution in [2.24, 2.45) is 5.92 Å². The maximum atomic E-state index is 14.2. The van der Waals surface area contributed by atoms with Crippen LogP contribution in [0.15, 0.2) is 42.5 Å². The van der Waals surface area contributed by atoms with Gasteiger partial charge in [-0.25, -0.2) is 4.39 Å². The summed E-state index contributed by atoms with van der Waals surface area (Å²) in [6.07, 6.45) is 3.95. The molecule has 140 valence electrons. The lowest BCUT2D eigenvalue weighted by molar-refractivity contribution is 0.0872. The monoisotopic (exact) mass is 367 g/mol. The molecule has 5 nitrogen and oxygen atoms in total. The molecular formula is C21H22FN3O2. The highest BCUT2D eigenvalue weighted by Gasteiger charge is 2.26. The molecule has 3 N–H and O–H groups in total. The molecule has 1 aliphatic rings. The van der Waals surface area contributed by atoms with Crippen LogP contribution in [0.5, 0.6) is 0 Å². The SMILES string of the molecule is O=C(N[C@@H]1CCCC[C@H]1CO)c1ccc2[nH]nc(-c3ccccc3F)c2c1. The van der Waals surface area contributed by atoms with Gasteiger partial charge in [0.05, 0.1) is 5.52 Å². The molecule has 6 heteroatoms. The number of carbonyl (C=O) groups excluding carboxylic acids is 1. The summed E-state index contributed by atoms with van der Waals surface area (Å²) in [5, 5.41) is 20.4. The first kappa shape index (κ1) is 17.7. The molecule has 0 saturated heterocycles. The normalized spacial score (nSPS) is 19.9. The second-order valence-electron chi connectivity index (χ2n) is 7.12. The van der Waals surface area contributed by atoms with Crippen molar-refractivity contribution in [3.05, 3.63) is 53.8 Å². The molecule has 0 aliphatic heterocycles. The number of benzene rings is 2. The summed E-state index contributed by atoms with van der Waals surface area (Å²) in [4.78, 5) is 12.8. The Bertz CT molecular complexity index is 969. The predicted molar refractivity (Wildman–Crippen MR) is 102 cm³/mol. The second kappa shape index (κ2) is 7.48. The van der Waals surface area contributed by atoms with Gasteiger partial charge in [0.2, 0.25) is 0 Å². The van der Waals surface area contributed by atoms with E-state index in [4.69, 9.17) is 0 Å². The summed E-state index contributed by atoms with van der Waals surface area (Å²) >= 11 is 0. The zero-order valence-electron chi connectivity index (χ0n) is 14.9. The van der Waals surface area contributed by atoms with Gasteiger partial charge < -0.3 is 10.4 Å². The quantitative estimate of drug-likeness (QED) is 0.659. The molecule has 0 radical (unpaired) electrons. The van der Waals surface area contributed by atoms with Gasteiger partial charge in [-0.3, -0.25) is 9.89 Å². The first-order valence-corrected chi connectivity index (χ1v) is 9.32. The lowest BCUT2D eigenvalue weighted by Crippen LogP contribution is -2.43. The lowest BCUT2D eigenvalue weighted by atomic mass is 9.85. The number of aromatic amines is 1. The van der Waals surface area contributed by atoms with Crippen LogP contribution in [0.3, 0.4) is 0 Å². The molecule has 1 saturated carbocycles. The molecule has 3 aromatic rings. The van der Waals surface area contributed by atoms with Gasteiger partial charge in [0.25, 0.3) is 5.91 Å². The van der Waals surface area contributed by atoms with Gasteiger partial charge in [0.15, 0.2) is 0 Å². The third-order valence-corrected chi connectivity index (χ3v) is 5.41. The highest BCUT2D eigenvalue weighted by molar-refractivity contribution is 6.01. The number of hydrogen-bond donors (Lipinski definition) is 3. The first-order chi connectivity index (χ1) is 13.2. The van der Waals surface area contributed by atoms with E-state index in [2.05, 4.69) is 15.5 Å². The van der Waals surface area contributed by atoms with E-state index in [1.165, 1.54) is 6.07 Å². The van der Waals surface area contributed by atoms with Crippen molar-refractivity contribution < 1.29 is 14.3 Å². The van der Waals surface area contributed by atoms with Crippen LogP contribution in [0.4, 0.5) is 4.39 Å². The minimum absolute atomic E-state index is 0.0117. The number of rotatable bonds is 4. The van der Waals surface area contributed by atoms with Crippen molar-refractivity contribution >= 4 is 16.8 Å². The standard InChI is InChI=1S/C21H22FN3O2/c22-17-7-3-2-6-15(17)20-16-11-13(9-10-19(16)24-25-20)21(27)23-18-8-4-1-5-14(18)12-26/h2-3,6-7,9-11,14,18,26H,1,4-5,8,12H2,(H,23,27)(H,24,25)/t14-,18+/m0/s1. The second-order valence-corrected chi connectivity index (χ2v) is 7.12. The van der Waals surface area contributed by atoms with Crippen LogP contribution >= 0.6 is 0 Å². The Morgan fingerprint density at radius 1 is 1.22 bits per heavy atom. The van der Waals surface area contributed by atoms with Crippen molar-refractivity contribution in [2.75, 3.05) is 6.61 Å². The molecule has 2 atom stereocenters. The highest BCUT2D eigenvalue weighted by Crippen LogP contribution is 2.29. The lowest BCUT2D eigenvalue weighted by Gasteiger charge is -2.30. The average Bonchev–Trinajstić information content (AvgIpc) is 3.12. The van der Waals surface area contributed by atoms with Gasteiger partial charge in [-0.1, -0.05) is 25.0 Å². The van der Waals surface area contributed by atoms with Crippen LogP contribution in [-0.4, -0.2) is 33.9 Å². The van der Waals surface area contributed by atoms with Gasteiger partial charge in [-0.05, 0) is 43.2 Å². The minimum Gasteiger partial charge on any atom is -0.396 e. The van der Waals surface area contributed by atoms with E-state index in [0.29, 0.717) is 22.2 Å². The largest absolute Gasteiger partial charge is 0.396 e. The summed E-state index contributed by atoms with van der Waals surface area (Å²) in [6.45, 7) is 0.0865. The summed E-state index contributed by atoms with van der Waals surface area (Å²) < 4.78 is 14.2. The number of aliphatic hydroxyl groups excluding tert-OH is 1. The Labute approximate surface area is 156 Å². The number of aliphatic hydroxyl groups is 1. The van der Waals surface area contributed by atoms with E-state index in [1.54, 1.807) is 36.4 Å². The predicted octanol–water partition coefficient (Wildman–Crippen LogP) is 3.65. The van der Waals surface area contributed by atoms with Crippen LogP contribution < -0.4 is 5.32 Å². The molecule has 1 aliphatic carbocycles. The number of carbonyl (C=O) groups is 1. The smallest absolute Gasteiger partial charge is 0.251 e. The van der Waals surface area contributed by atoms with E-state index in [0.717, 1.165) is 31.2 Å². The number of fused-ring (bicyclic) bond motifs is 1. The third kappa shape index (κ3) is 3.45. The number of amides is 1. The van der Waals surface area contributed by atoms with Crippen molar-refractivity contribution in [1.82, 2.24) is 15.5 Å². The average molecular weight is 367 g/mol. The van der Waals surface area contributed by atoms with Gasteiger partial charge in [-0.15, -0.1) is 0 Å². The molecule has 1 amide bonds. The fourth-order valence-corrected chi connectivity index (χ4v) is 3.88. The number of aromatic nitrogens is 2. The Morgan fingerprint density at radius 2 is 2.04 bits per heavy atom. The van der Waals surface area contributed by atoms with Gasteiger partial charge >= 0.3 is 0 Å². The van der Waals surface area contributed by atoms with E-state index in [1.807, 2.05) is 0 Å². The van der Waals surface area contributed by atoms with Crippen LogP contribution in [-0.2, 0) is 0 Å². The molecular weight excluding hydrogens is 345 g/mol. The summed E-state index contributed by atoms with van der Waals surface area (Å²) in [5.41, 5.74) is 2.14. The van der Waals surface area contributed by atoms with Crippen LogP contribution in [0.25, 0.3) is 22.2 Å². The molecule has 1 aromatic heterocycles. The Hall–Kier alpha value is -2.73. The zero-order chi connectivity index (χ0) is 18.8. The molecule has 0 unspecified atom stereocenters. The van der Waals surface area contributed by atoms with Crippen molar-refractivity contribution in [3.63, 3.8) is 0 Å². The topological polar surface area (TPSA) is 78.0 Å². The number of hydrogen-bond acceptors (Lipinski definition) is 3. The maximum Gasteiger partial charge on any atom is 0.251 e. The molecule has 0 spiro atoms. The molecule has 2 aromatic carbocycles. The van der Waals surface area contributed by atoms with E-state index < -0.39 is 0 Å². The van der Waals surface area contributed by atoms with E-state index >= 15 is 0 Å². The Balaban J connectivity index is 1.64. The third-order valence-electron chi connectivity index (χ3n) is 5.41. The minimum atomic E-state index is -0.353. The van der Waals surface area contributed by atoms with Gasteiger partial charge in [0.1, 0.15) is 11.5 Å². The van der Waals surface area contributed by atoms with Crippen molar-refractivity contribution in [2.45, 2.75) is 31.7 Å². The van der Waals surface area contributed by atoms with Gasteiger partial charge in [-0.2, -0.15) is 5.10 Å². The van der Waals surface area contributed by atoms with Crippen LogP contribution in [0.1, 0.15) is 36.0 Å². The summed E-state index contributed by atoms with van der Waals surface area (Å²) in [6, 6.07) is 11.7. The fraction of sp³-hybridized carbons (Fsp3) is 0.333. The number of nitrogens with one attached hydrogen (secondary N) is 2. The first-order valence-electron chi connectivity index (χ1n) is 9.32. The van der Waals surface area contributed by atoms with Crippen molar-refractivity contribution in [3.8, 4) is 11.3 Å². The maximum absolute atomic E-state index is 14.2. The molecule has 1 heterocycles. The number of halogens is 1. The highest BCUT2D eigenvalue weighted by atomic mass is 19.1. The van der Waals surface area contributed by atoms with Gasteiger partial charge in [0, 0.05) is 35.1 Å². The van der Waals surface area contributed by atoms with E-state index in [9.17, 15) is 14.3 Å². The Morgan fingerprint density at radius 3 is 2.85 bits per heavy atom. The fourth-order valence-electron chi connectivity index (χ4n) is 3.88. The number of nitrogens with zero attached hydrogens (tertiary/aromatic N) is 1.